The van der Waals surface area contributed by atoms with Gasteiger partial charge in [0.1, 0.15) is 6.04 Å². The van der Waals surface area contributed by atoms with E-state index in [4.69, 9.17) is 5.26 Å². The van der Waals surface area contributed by atoms with Gasteiger partial charge < -0.3 is 4.90 Å². The molecule has 0 bridgehead atoms. The highest BCUT2D eigenvalue weighted by atomic mass is 15.2. The molecule has 0 amide bonds. The number of rotatable bonds is 1. The summed E-state index contributed by atoms with van der Waals surface area (Å²) in [4.78, 5) is 2.20. The largest absolute Gasteiger partial charge is 0.353 e. The van der Waals surface area contributed by atoms with Gasteiger partial charge in [-0.3, -0.25) is 0 Å². The molecule has 2 unspecified atom stereocenters. The smallest absolute Gasteiger partial charge is 0.114 e. The van der Waals surface area contributed by atoms with Crippen molar-refractivity contribution < 1.29 is 0 Å². The summed E-state index contributed by atoms with van der Waals surface area (Å²) in [7, 11) is 0. The van der Waals surface area contributed by atoms with Crippen LogP contribution in [0.15, 0.2) is 24.3 Å². The number of nitrogens with zero attached hydrogens (tertiary/aromatic N) is 2. The van der Waals surface area contributed by atoms with E-state index in [9.17, 15) is 0 Å². The van der Waals surface area contributed by atoms with E-state index >= 15 is 0 Å². The first-order valence-electron chi connectivity index (χ1n) is 5.00. The fraction of sp³-hybridized carbons (Fsp3) is 0.417. The Hall–Kier alpha value is -1.49. The predicted molar refractivity (Wildman–Crippen MR) is 57.2 cm³/mol. The quantitative estimate of drug-likeness (QED) is 0.673. The minimum atomic E-state index is -0.0337. The van der Waals surface area contributed by atoms with Gasteiger partial charge in [-0.15, -0.1) is 0 Å². The molecule has 0 aliphatic carbocycles. The van der Waals surface area contributed by atoms with Gasteiger partial charge in [-0.2, -0.15) is 5.26 Å². The van der Waals surface area contributed by atoms with Crippen molar-refractivity contribution >= 4 is 5.69 Å². The van der Waals surface area contributed by atoms with Crippen molar-refractivity contribution in [1.29, 1.82) is 5.26 Å². The molecule has 0 N–H and O–H groups in total. The first kappa shape index (κ1) is 9.08. The maximum atomic E-state index is 8.95. The Bertz CT molecular complexity index is 378. The Morgan fingerprint density at radius 3 is 2.93 bits per heavy atom. The molecule has 2 rings (SSSR count). The van der Waals surface area contributed by atoms with Gasteiger partial charge in [0.2, 0.25) is 0 Å². The minimum Gasteiger partial charge on any atom is -0.353 e. The average Bonchev–Trinajstić information content (AvgIpc) is 2.53. The van der Waals surface area contributed by atoms with E-state index in [-0.39, 0.29) is 6.04 Å². The van der Waals surface area contributed by atoms with Crippen LogP contribution in [0.3, 0.4) is 0 Å². The molecule has 0 spiro atoms. The summed E-state index contributed by atoms with van der Waals surface area (Å²) in [6.45, 7) is 4.13. The van der Waals surface area contributed by atoms with Crippen LogP contribution in [0.2, 0.25) is 0 Å². The molecule has 2 atom stereocenters. The number of nitriles is 1. The van der Waals surface area contributed by atoms with Crippen molar-refractivity contribution in [1.82, 2.24) is 0 Å². The molecule has 2 heteroatoms. The molecule has 0 saturated carbocycles. The van der Waals surface area contributed by atoms with Gasteiger partial charge in [-0.05, 0) is 31.9 Å². The SMILES string of the molecule is CC(C#N)N1c2ccccc2CC1C. The lowest BCUT2D eigenvalue weighted by atomic mass is 10.1. The van der Waals surface area contributed by atoms with Crippen molar-refractivity contribution in [3.8, 4) is 6.07 Å². The van der Waals surface area contributed by atoms with Gasteiger partial charge in [-0.1, -0.05) is 18.2 Å². The number of hydrogen-bond acceptors (Lipinski definition) is 2. The summed E-state index contributed by atoms with van der Waals surface area (Å²) < 4.78 is 0. The van der Waals surface area contributed by atoms with Gasteiger partial charge >= 0.3 is 0 Å². The Morgan fingerprint density at radius 1 is 1.50 bits per heavy atom. The normalized spacial score (nSPS) is 21.5. The summed E-state index contributed by atoms with van der Waals surface area (Å²) in [6, 6.07) is 11.1. The third kappa shape index (κ3) is 1.26. The fourth-order valence-corrected chi connectivity index (χ4v) is 2.24. The monoisotopic (exact) mass is 186 g/mol. The molecule has 1 aromatic rings. The molecule has 72 valence electrons. The number of para-hydroxylation sites is 1. The van der Waals surface area contributed by atoms with Crippen molar-refractivity contribution in [3.63, 3.8) is 0 Å². The molecule has 0 radical (unpaired) electrons. The topological polar surface area (TPSA) is 27.0 Å². The highest BCUT2D eigenvalue weighted by Gasteiger charge is 2.28. The van der Waals surface area contributed by atoms with E-state index in [1.807, 2.05) is 13.0 Å². The lowest BCUT2D eigenvalue weighted by molar-refractivity contribution is 0.642. The van der Waals surface area contributed by atoms with Crippen LogP contribution < -0.4 is 4.90 Å². The van der Waals surface area contributed by atoms with Crippen molar-refractivity contribution in [2.75, 3.05) is 4.90 Å². The summed E-state index contributed by atoms with van der Waals surface area (Å²) in [5.41, 5.74) is 2.59. The molecule has 1 aliphatic rings. The zero-order chi connectivity index (χ0) is 10.1. The Morgan fingerprint density at radius 2 is 2.21 bits per heavy atom. The molecule has 0 saturated heterocycles. The maximum absolute atomic E-state index is 8.95. The van der Waals surface area contributed by atoms with Crippen LogP contribution in [0.5, 0.6) is 0 Å². The van der Waals surface area contributed by atoms with E-state index in [1.165, 1.54) is 11.3 Å². The van der Waals surface area contributed by atoms with Crippen LogP contribution in [0.25, 0.3) is 0 Å². The van der Waals surface area contributed by atoms with Crippen molar-refractivity contribution in [2.45, 2.75) is 32.4 Å². The Labute approximate surface area is 84.8 Å². The highest BCUT2D eigenvalue weighted by Crippen LogP contribution is 2.33. The summed E-state index contributed by atoms with van der Waals surface area (Å²) in [5.74, 6) is 0. The van der Waals surface area contributed by atoms with Crippen LogP contribution >= 0.6 is 0 Å². The predicted octanol–water partition coefficient (Wildman–Crippen LogP) is 2.35. The Balaban J connectivity index is 2.40. The van der Waals surface area contributed by atoms with Crippen LogP contribution in [-0.2, 0) is 6.42 Å². The zero-order valence-electron chi connectivity index (χ0n) is 8.57. The standard InChI is InChI=1S/C12H14N2/c1-9-7-11-5-3-4-6-12(11)14(9)10(2)8-13/h3-6,9-10H,7H2,1-2H3. The molecule has 1 aromatic carbocycles. The highest BCUT2D eigenvalue weighted by molar-refractivity contribution is 5.60. The van der Waals surface area contributed by atoms with Crippen LogP contribution in [0.4, 0.5) is 5.69 Å². The van der Waals surface area contributed by atoms with Crippen LogP contribution in [0, 0.1) is 11.3 Å². The van der Waals surface area contributed by atoms with Gasteiger partial charge in [-0.25, -0.2) is 0 Å². The molecule has 1 aliphatic heterocycles. The molecular weight excluding hydrogens is 172 g/mol. The van der Waals surface area contributed by atoms with Crippen molar-refractivity contribution in [2.24, 2.45) is 0 Å². The second kappa shape index (κ2) is 3.34. The first-order valence-corrected chi connectivity index (χ1v) is 5.00. The fourth-order valence-electron chi connectivity index (χ4n) is 2.24. The molecule has 14 heavy (non-hydrogen) atoms. The third-order valence-electron chi connectivity index (χ3n) is 2.86. The lowest BCUT2D eigenvalue weighted by Crippen LogP contribution is -2.36. The van der Waals surface area contributed by atoms with E-state index in [0.29, 0.717) is 6.04 Å². The molecule has 0 aromatic heterocycles. The van der Waals surface area contributed by atoms with Gasteiger partial charge in [0.25, 0.3) is 0 Å². The molecular formula is C12H14N2. The van der Waals surface area contributed by atoms with E-state index in [2.05, 4.69) is 36.1 Å². The molecule has 2 nitrogen and oxygen atoms in total. The third-order valence-corrected chi connectivity index (χ3v) is 2.86. The van der Waals surface area contributed by atoms with Crippen LogP contribution in [0.1, 0.15) is 19.4 Å². The number of anilines is 1. The second-order valence-corrected chi connectivity index (χ2v) is 3.89. The summed E-state index contributed by atoms with van der Waals surface area (Å²) >= 11 is 0. The van der Waals surface area contributed by atoms with E-state index in [0.717, 1.165) is 6.42 Å². The van der Waals surface area contributed by atoms with E-state index < -0.39 is 0 Å². The van der Waals surface area contributed by atoms with Gasteiger partial charge in [0, 0.05) is 11.7 Å². The molecule has 1 heterocycles. The maximum Gasteiger partial charge on any atom is 0.114 e. The van der Waals surface area contributed by atoms with Gasteiger partial charge in [0.15, 0.2) is 0 Å². The van der Waals surface area contributed by atoms with Gasteiger partial charge in [0.05, 0.1) is 6.07 Å². The number of fused-ring (bicyclic) bond motifs is 1. The van der Waals surface area contributed by atoms with Crippen LogP contribution in [-0.4, -0.2) is 12.1 Å². The minimum absolute atomic E-state index is 0.0337. The summed E-state index contributed by atoms with van der Waals surface area (Å²) in [6.07, 6.45) is 1.06. The molecule has 0 fully saturated rings. The van der Waals surface area contributed by atoms with Crippen molar-refractivity contribution in [3.05, 3.63) is 29.8 Å². The zero-order valence-corrected chi connectivity index (χ0v) is 8.57. The lowest BCUT2D eigenvalue weighted by Gasteiger charge is -2.27. The average molecular weight is 186 g/mol. The first-order chi connectivity index (χ1) is 6.74. The second-order valence-electron chi connectivity index (χ2n) is 3.89. The summed E-state index contributed by atoms with van der Waals surface area (Å²) in [5, 5.41) is 8.95. The number of hydrogen-bond donors (Lipinski definition) is 0. The Kier molecular flexibility index (Phi) is 2.17. The van der Waals surface area contributed by atoms with E-state index in [1.54, 1.807) is 0 Å². The number of benzene rings is 1.